The van der Waals surface area contributed by atoms with Crippen molar-refractivity contribution >= 4 is 12.1 Å². The van der Waals surface area contributed by atoms with Gasteiger partial charge in [-0.25, -0.2) is 14.0 Å². The molecule has 0 aliphatic rings. The molecule has 0 saturated heterocycles. The summed E-state index contributed by atoms with van der Waals surface area (Å²) in [6.45, 7) is 5.93. The molecule has 0 radical (unpaired) electrons. The van der Waals surface area contributed by atoms with Gasteiger partial charge in [0.25, 0.3) is 0 Å². The van der Waals surface area contributed by atoms with E-state index in [-0.39, 0.29) is 13.2 Å². The van der Waals surface area contributed by atoms with Crippen LogP contribution in [0.4, 0.5) is 9.18 Å². The van der Waals surface area contributed by atoms with Crippen LogP contribution in [0.5, 0.6) is 0 Å². The lowest BCUT2D eigenvalue weighted by Crippen LogP contribution is -2.47. The molecule has 0 bridgehead atoms. The van der Waals surface area contributed by atoms with Gasteiger partial charge in [-0.2, -0.15) is 0 Å². The van der Waals surface area contributed by atoms with E-state index in [1.165, 1.54) is 6.92 Å². The third-order valence-corrected chi connectivity index (χ3v) is 2.69. The highest BCUT2D eigenvalue weighted by molar-refractivity contribution is 5.81. The van der Waals surface area contributed by atoms with E-state index in [1.807, 2.05) is 18.2 Å². The molecule has 0 aliphatic heterocycles. The molecule has 6 nitrogen and oxygen atoms in total. The van der Waals surface area contributed by atoms with E-state index >= 15 is 0 Å². The number of amides is 1. The Morgan fingerprint density at radius 2 is 1.83 bits per heavy atom. The number of nitrogens with one attached hydrogen (secondary N) is 1. The first-order valence-corrected chi connectivity index (χ1v) is 7.63. The quantitative estimate of drug-likeness (QED) is 0.772. The van der Waals surface area contributed by atoms with Crippen LogP contribution in [-0.2, 0) is 25.6 Å². The Balaban J connectivity index is 2.62. The summed E-state index contributed by atoms with van der Waals surface area (Å²) in [5.41, 5.74) is 0.0678. The molecule has 24 heavy (non-hydrogen) atoms. The lowest BCUT2D eigenvalue weighted by molar-refractivity contribution is -0.151. The Morgan fingerprint density at radius 1 is 1.21 bits per heavy atom. The summed E-state index contributed by atoms with van der Waals surface area (Å²) in [6, 6.07) is 7.89. The predicted octanol–water partition coefficient (Wildman–Crippen LogP) is 2.96. The highest BCUT2D eigenvalue weighted by Gasteiger charge is 2.26. The smallest absolute Gasteiger partial charge is 0.408 e. The van der Waals surface area contributed by atoms with Gasteiger partial charge in [0, 0.05) is 0 Å². The van der Waals surface area contributed by atoms with Gasteiger partial charge < -0.3 is 19.5 Å². The van der Waals surface area contributed by atoms with Crippen LogP contribution in [0, 0.1) is 0 Å². The zero-order valence-electron chi connectivity index (χ0n) is 14.4. The van der Waals surface area contributed by atoms with Crippen molar-refractivity contribution in [3.63, 3.8) is 0 Å². The molecule has 1 aromatic rings. The van der Waals surface area contributed by atoms with Crippen LogP contribution >= 0.6 is 0 Å². The van der Waals surface area contributed by atoms with Crippen molar-refractivity contribution < 1.29 is 28.2 Å². The van der Waals surface area contributed by atoms with Gasteiger partial charge in [0.15, 0.2) is 12.4 Å². The van der Waals surface area contributed by atoms with Crippen molar-refractivity contribution in [2.75, 3.05) is 6.61 Å². The number of halogens is 1. The van der Waals surface area contributed by atoms with Crippen molar-refractivity contribution in [2.45, 2.75) is 52.3 Å². The molecular weight excluding hydrogens is 317 g/mol. The molecule has 0 heterocycles. The fourth-order valence-corrected chi connectivity index (χ4v) is 1.68. The number of benzene rings is 1. The molecule has 0 aromatic heterocycles. The van der Waals surface area contributed by atoms with Crippen LogP contribution in [-0.4, -0.2) is 36.7 Å². The number of carbonyl (C=O) groups is 2. The van der Waals surface area contributed by atoms with Crippen molar-refractivity contribution in [2.24, 2.45) is 0 Å². The molecule has 1 N–H and O–H groups in total. The fraction of sp³-hybridized carbons (Fsp3) is 0.529. The topological polar surface area (TPSA) is 73.9 Å². The highest BCUT2D eigenvalue weighted by atomic mass is 19.1. The van der Waals surface area contributed by atoms with Crippen molar-refractivity contribution in [1.82, 2.24) is 5.32 Å². The Kier molecular flexibility index (Phi) is 7.64. The van der Waals surface area contributed by atoms with Crippen molar-refractivity contribution in [3.8, 4) is 0 Å². The standard InChI is InChI=1S/C17H24FNO5/c1-12(18)22-11-14(19-16(21)24-17(2,3)4)15(20)23-10-13-8-6-5-7-9-13/h5-9,12,14H,10-11H2,1-4H3,(H,19,21)/t12?,14-/m0/s1. The number of ether oxygens (including phenoxy) is 3. The van der Waals surface area contributed by atoms with E-state index in [1.54, 1.807) is 32.9 Å². The summed E-state index contributed by atoms with van der Waals surface area (Å²) in [6.07, 6.45) is -2.38. The number of carbonyl (C=O) groups excluding carboxylic acids is 2. The first-order valence-electron chi connectivity index (χ1n) is 7.63. The maximum atomic E-state index is 12.9. The second-order valence-electron chi connectivity index (χ2n) is 6.17. The Morgan fingerprint density at radius 3 is 2.38 bits per heavy atom. The lowest BCUT2D eigenvalue weighted by Gasteiger charge is -2.23. The van der Waals surface area contributed by atoms with E-state index in [0.717, 1.165) is 5.56 Å². The molecule has 0 spiro atoms. The average molecular weight is 341 g/mol. The Hall–Kier alpha value is -2.15. The first-order chi connectivity index (χ1) is 11.2. The third-order valence-electron chi connectivity index (χ3n) is 2.69. The number of hydrogen-bond donors (Lipinski definition) is 1. The maximum absolute atomic E-state index is 12.9. The van der Waals surface area contributed by atoms with Crippen LogP contribution in [0.3, 0.4) is 0 Å². The van der Waals surface area contributed by atoms with Crippen LogP contribution < -0.4 is 5.32 Å². The van der Waals surface area contributed by atoms with E-state index in [9.17, 15) is 14.0 Å². The molecule has 0 aliphatic carbocycles. The average Bonchev–Trinajstić information content (AvgIpc) is 2.48. The molecule has 2 atom stereocenters. The van der Waals surface area contributed by atoms with Gasteiger partial charge in [-0.15, -0.1) is 0 Å². The van der Waals surface area contributed by atoms with Crippen LogP contribution in [0.15, 0.2) is 30.3 Å². The van der Waals surface area contributed by atoms with Crippen LogP contribution in [0.2, 0.25) is 0 Å². The number of esters is 1. The predicted molar refractivity (Wildman–Crippen MR) is 85.9 cm³/mol. The third kappa shape index (κ3) is 8.47. The normalized spacial score (nSPS) is 13.7. The second-order valence-corrected chi connectivity index (χ2v) is 6.17. The molecule has 1 aromatic carbocycles. The maximum Gasteiger partial charge on any atom is 0.408 e. The Bertz CT molecular complexity index is 528. The number of rotatable bonds is 7. The van der Waals surface area contributed by atoms with Crippen molar-refractivity contribution in [3.05, 3.63) is 35.9 Å². The molecular formula is C17H24FNO5. The largest absolute Gasteiger partial charge is 0.459 e. The van der Waals surface area contributed by atoms with E-state index < -0.39 is 30.1 Å². The fourth-order valence-electron chi connectivity index (χ4n) is 1.68. The zero-order valence-corrected chi connectivity index (χ0v) is 14.4. The monoisotopic (exact) mass is 341 g/mol. The molecule has 1 unspecified atom stereocenters. The molecule has 1 amide bonds. The molecule has 1 rings (SSSR count). The highest BCUT2D eigenvalue weighted by Crippen LogP contribution is 2.08. The lowest BCUT2D eigenvalue weighted by atomic mass is 10.2. The molecule has 0 saturated carbocycles. The summed E-state index contributed by atoms with van der Waals surface area (Å²) in [5.74, 6) is -0.731. The van der Waals surface area contributed by atoms with Gasteiger partial charge in [-0.05, 0) is 33.3 Å². The SMILES string of the molecule is CC(F)OC[C@H](NC(=O)OC(C)(C)C)C(=O)OCc1ccccc1. The molecule has 134 valence electrons. The van der Waals surface area contributed by atoms with Gasteiger partial charge in [0.1, 0.15) is 12.2 Å². The van der Waals surface area contributed by atoms with E-state index in [2.05, 4.69) is 5.32 Å². The minimum Gasteiger partial charge on any atom is -0.459 e. The summed E-state index contributed by atoms with van der Waals surface area (Å²) in [4.78, 5) is 23.9. The van der Waals surface area contributed by atoms with E-state index in [0.29, 0.717) is 0 Å². The minimum absolute atomic E-state index is 0.0390. The summed E-state index contributed by atoms with van der Waals surface area (Å²) in [5, 5.41) is 2.34. The number of alkyl carbamates (subject to hydrolysis) is 1. The van der Waals surface area contributed by atoms with Gasteiger partial charge in [-0.3, -0.25) is 0 Å². The first kappa shape index (κ1) is 19.9. The summed E-state index contributed by atoms with van der Waals surface area (Å²) < 4.78 is 27.9. The van der Waals surface area contributed by atoms with Gasteiger partial charge in [0.05, 0.1) is 6.61 Å². The summed E-state index contributed by atoms with van der Waals surface area (Å²) in [7, 11) is 0. The molecule has 7 heteroatoms. The van der Waals surface area contributed by atoms with Crippen LogP contribution in [0.25, 0.3) is 0 Å². The van der Waals surface area contributed by atoms with Crippen LogP contribution in [0.1, 0.15) is 33.3 Å². The van der Waals surface area contributed by atoms with Gasteiger partial charge in [-0.1, -0.05) is 30.3 Å². The summed E-state index contributed by atoms with van der Waals surface area (Å²) >= 11 is 0. The second kappa shape index (κ2) is 9.22. The van der Waals surface area contributed by atoms with Crippen molar-refractivity contribution in [1.29, 1.82) is 0 Å². The molecule has 0 fully saturated rings. The zero-order chi connectivity index (χ0) is 18.2. The van der Waals surface area contributed by atoms with Gasteiger partial charge >= 0.3 is 12.1 Å². The Labute approximate surface area is 141 Å². The minimum atomic E-state index is -1.57. The number of hydrogen-bond acceptors (Lipinski definition) is 5. The van der Waals surface area contributed by atoms with E-state index in [4.69, 9.17) is 14.2 Å². The number of alkyl halides is 1. The van der Waals surface area contributed by atoms with Gasteiger partial charge in [0.2, 0.25) is 0 Å².